The molecule has 0 saturated carbocycles. The zero-order valence-corrected chi connectivity index (χ0v) is 15.3. The van der Waals surface area contributed by atoms with Crippen LogP contribution in [0.1, 0.15) is 5.56 Å². The van der Waals surface area contributed by atoms with E-state index in [1.54, 1.807) is 12.4 Å². The van der Waals surface area contributed by atoms with E-state index in [1.165, 1.54) is 5.56 Å². The van der Waals surface area contributed by atoms with Gasteiger partial charge in [-0.2, -0.15) is 4.98 Å². The number of para-hydroxylation sites is 1. The maximum atomic E-state index is 5.92. The van der Waals surface area contributed by atoms with E-state index in [1.807, 2.05) is 60.7 Å². The van der Waals surface area contributed by atoms with Gasteiger partial charge in [-0.1, -0.05) is 41.9 Å². The lowest BCUT2D eigenvalue weighted by atomic mass is 10.1. The molecule has 0 spiro atoms. The molecule has 5 nitrogen and oxygen atoms in total. The standard InChI is InChI=1S/C21H18ClN5/c22-17-8-6-15(7-9-17)10-13-23-19-11-14-25-21(27-19)26-18-5-1-3-16-4-2-12-24-20(16)18/h1-9,11-12,14H,10,13H2,(H2,23,25,26,27). The van der Waals surface area contributed by atoms with Crippen LogP contribution < -0.4 is 10.6 Å². The number of hydrogen-bond donors (Lipinski definition) is 2. The average molecular weight is 376 g/mol. The first-order chi connectivity index (χ1) is 13.3. The molecule has 4 aromatic rings. The van der Waals surface area contributed by atoms with Crippen LogP contribution in [-0.2, 0) is 6.42 Å². The maximum absolute atomic E-state index is 5.92. The highest BCUT2D eigenvalue weighted by Gasteiger charge is 2.05. The number of hydrogen-bond acceptors (Lipinski definition) is 5. The third-order valence-corrected chi connectivity index (χ3v) is 4.42. The van der Waals surface area contributed by atoms with E-state index in [0.29, 0.717) is 5.95 Å². The van der Waals surface area contributed by atoms with E-state index >= 15 is 0 Å². The summed E-state index contributed by atoms with van der Waals surface area (Å²) in [4.78, 5) is 13.3. The van der Waals surface area contributed by atoms with Gasteiger partial charge in [0.15, 0.2) is 0 Å². The van der Waals surface area contributed by atoms with Crippen molar-refractivity contribution in [1.82, 2.24) is 15.0 Å². The highest BCUT2D eigenvalue weighted by atomic mass is 35.5. The molecule has 0 fully saturated rings. The van der Waals surface area contributed by atoms with Gasteiger partial charge in [0, 0.05) is 29.3 Å². The van der Waals surface area contributed by atoms with Gasteiger partial charge in [0.05, 0.1) is 11.2 Å². The molecule has 4 rings (SSSR count). The lowest BCUT2D eigenvalue weighted by Crippen LogP contribution is -2.08. The second-order valence-corrected chi connectivity index (χ2v) is 6.51. The van der Waals surface area contributed by atoms with Crippen LogP contribution in [-0.4, -0.2) is 21.5 Å². The summed E-state index contributed by atoms with van der Waals surface area (Å²) in [5.74, 6) is 1.30. The Morgan fingerprint density at radius 3 is 2.59 bits per heavy atom. The van der Waals surface area contributed by atoms with Crippen molar-refractivity contribution in [2.45, 2.75) is 6.42 Å². The van der Waals surface area contributed by atoms with Crippen molar-refractivity contribution < 1.29 is 0 Å². The fourth-order valence-electron chi connectivity index (χ4n) is 2.83. The molecule has 0 atom stereocenters. The van der Waals surface area contributed by atoms with Crippen molar-refractivity contribution in [3.8, 4) is 0 Å². The first-order valence-electron chi connectivity index (χ1n) is 8.70. The lowest BCUT2D eigenvalue weighted by molar-refractivity contribution is 1.00. The van der Waals surface area contributed by atoms with E-state index in [-0.39, 0.29) is 0 Å². The van der Waals surface area contributed by atoms with Gasteiger partial charge >= 0.3 is 0 Å². The van der Waals surface area contributed by atoms with E-state index < -0.39 is 0 Å². The number of nitrogens with one attached hydrogen (secondary N) is 2. The van der Waals surface area contributed by atoms with Crippen LogP contribution in [0.3, 0.4) is 0 Å². The van der Waals surface area contributed by atoms with Gasteiger partial charge < -0.3 is 10.6 Å². The number of rotatable bonds is 6. The van der Waals surface area contributed by atoms with Gasteiger partial charge in [-0.3, -0.25) is 4.98 Å². The van der Waals surface area contributed by atoms with Crippen LogP contribution >= 0.6 is 11.6 Å². The number of anilines is 3. The van der Waals surface area contributed by atoms with E-state index in [4.69, 9.17) is 11.6 Å². The molecule has 0 radical (unpaired) electrons. The second-order valence-electron chi connectivity index (χ2n) is 6.07. The van der Waals surface area contributed by atoms with Crippen LogP contribution in [0.25, 0.3) is 10.9 Å². The van der Waals surface area contributed by atoms with Crippen molar-refractivity contribution in [1.29, 1.82) is 0 Å². The summed E-state index contributed by atoms with van der Waals surface area (Å²) in [6, 6.07) is 19.7. The van der Waals surface area contributed by atoms with Gasteiger partial charge in [0.1, 0.15) is 5.82 Å². The number of aromatic nitrogens is 3. The predicted octanol–water partition coefficient (Wildman–Crippen LogP) is 5.08. The molecule has 6 heteroatoms. The Hall–Kier alpha value is -3.18. The summed E-state index contributed by atoms with van der Waals surface area (Å²) in [6.45, 7) is 0.772. The van der Waals surface area contributed by atoms with Gasteiger partial charge in [-0.25, -0.2) is 4.98 Å². The Morgan fingerprint density at radius 2 is 1.70 bits per heavy atom. The lowest BCUT2D eigenvalue weighted by Gasteiger charge is -2.10. The minimum atomic E-state index is 0.532. The molecule has 134 valence electrons. The molecule has 0 aliphatic rings. The zero-order valence-electron chi connectivity index (χ0n) is 14.6. The third kappa shape index (κ3) is 4.33. The Morgan fingerprint density at radius 1 is 0.852 bits per heavy atom. The molecule has 0 aliphatic carbocycles. The number of nitrogens with zero attached hydrogens (tertiary/aromatic N) is 3. The number of fused-ring (bicyclic) bond motifs is 1. The van der Waals surface area contributed by atoms with Crippen molar-refractivity contribution >= 4 is 40.0 Å². The summed E-state index contributed by atoms with van der Waals surface area (Å²) >= 11 is 5.92. The molecule has 0 saturated heterocycles. The van der Waals surface area contributed by atoms with E-state index in [9.17, 15) is 0 Å². The van der Waals surface area contributed by atoms with E-state index in [0.717, 1.165) is 40.4 Å². The van der Waals surface area contributed by atoms with Gasteiger partial charge in [0.25, 0.3) is 0 Å². The molecule has 0 amide bonds. The van der Waals surface area contributed by atoms with Crippen LogP contribution in [0.15, 0.2) is 73.1 Å². The maximum Gasteiger partial charge on any atom is 0.229 e. The van der Waals surface area contributed by atoms with Crippen molar-refractivity contribution in [3.63, 3.8) is 0 Å². The van der Waals surface area contributed by atoms with Crippen molar-refractivity contribution in [3.05, 3.63) is 83.6 Å². The molecule has 2 N–H and O–H groups in total. The summed E-state index contributed by atoms with van der Waals surface area (Å²) in [7, 11) is 0. The largest absolute Gasteiger partial charge is 0.370 e. The molecule has 0 bridgehead atoms. The molecule has 27 heavy (non-hydrogen) atoms. The molecular weight excluding hydrogens is 358 g/mol. The average Bonchev–Trinajstić information content (AvgIpc) is 2.70. The molecule has 0 unspecified atom stereocenters. The SMILES string of the molecule is Clc1ccc(CCNc2ccnc(Nc3cccc4cccnc34)n2)cc1. The summed E-state index contributed by atoms with van der Waals surface area (Å²) < 4.78 is 0. The molecule has 2 aromatic heterocycles. The number of halogens is 1. The highest BCUT2D eigenvalue weighted by molar-refractivity contribution is 6.30. The van der Waals surface area contributed by atoms with Crippen LogP contribution in [0.5, 0.6) is 0 Å². The number of benzene rings is 2. The quantitative estimate of drug-likeness (QED) is 0.492. The Kier molecular flexibility index (Phi) is 5.12. The zero-order chi connectivity index (χ0) is 18.5. The Balaban J connectivity index is 1.43. The molecule has 0 aliphatic heterocycles. The Bertz CT molecular complexity index is 1040. The van der Waals surface area contributed by atoms with Crippen LogP contribution in [0.2, 0.25) is 5.02 Å². The highest BCUT2D eigenvalue weighted by Crippen LogP contribution is 2.23. The predicted molar refractivity (Wildman–Crippen MR) is 111 cm³/mol. The normalized spacial score (nSPS) is 10.7. The molecule has 2 heterocycles. The van der Waals surface area contributed by atoms with Crippen molar-refractivity contribution in [2.24, 2.45) is 0 Å². The Labute approximate surface area is 162 Å². The topological polar surface area (TPSA) is 62.7 Å². The smallest absolute Gasteiger partial charge is 0.229 e. The fourth-order valence-corrected chi connectivity index (χ4v) is 2.95. The van der Waals surface area contributed by atoms with Gasteiger partial charge in [-0.05, 0) is 42.3 Å². The summed E-state index contributed by atoms with van der Waals surface area (Å²) in [6.07, 6.45) is 4.40. The van der Waals surface area contributed by atoms with E-state index in [2.05, 4.69) is 25.6 Å². The molecular formula is C21H18ClN5. The van der Waals surface area contributed by atoms with Gasteiger partial charge in [-0.15, -0.1) is 0 Å². The van der Waals surface area contributed by atoms with Crippen LogP contribution in [0, 0.1) is 0 Å². The molecule has 2 aromatic carbocycles. The third-order valence-electron chi connectivity index (χ3n) is 4.17. The van der Waals surface area contributed by atoms with Crippen LogP contribution in [0.4, 0.5) is 17.5 Å². The second kappa shape index (κ2) is 8.01. The minimum absolute atomic E-state index is 0.532. The fraction of sp³-hybridized carbons (Fsp3) is 0.0952. The first-order valence-corrected chi connectivity index (χ1v) is 9.08. The first kappa shape index (κ1) is 17.2. The monoisotopic (exact) mass is 375 g/mol. The summed E-state index contributed by atoms with van der Waals surface area (Å²) in [5, 5.41) is 8.41. The van der Waals surface area contributed by atoms with Gasteiger partial charge in [0.2, 0.25) is 5.95 Å². The summed E-state index contributed by atoms with van der Waals surface area (Å²) in [5.41, 5.74) is 3.00. The number of pyridine rings is 1. The van der Waals surface area contributed by atoms with Crippen molar-refractivity contribution in [2.75, 3.05) is 17.2 Å². The minimum Gasteiger partial charge on any atom is -0.370 e.